The summed E-state index contributed by atoms with van der Waals surface area (Å²) in [4.78, 5) is 25.5. The molecule has 6 nitrogen and oxygen atoms in total. The molecule has 1 heterocycles. The third-order valence-corrected chi connectivity index (χ3v) is 4.68. The van der Waals surface area contributed by atoms with Gasteiger partial charge in [-0.15, -0.1) is 0 Å². The minimum absolute atomic E-state index is 0.0409. The van der Waals surface area contributed by atoms with Crippen molar-refractivity contribution in [1.29, 1.82) is 0 Å². The average molecular weight is 359 g/mol. The van der Waals surface area contributed by atoms with E-state index in [2.05, 4.69) is 22.3 Å². The molecule has 0 fully saturated rings. The van der Waals surface area contributed by atoms with Gasteiger partial charge in [-0.25, -0.2) is 0 Å². The Bertz CT molecular complexity index is 1030. The number of nitro benzene ring substituents is 1. The van der Waals surface area contributed by atoms with Gasteiger partial charge in [0.25, 0.3) is 11.6 Å². The smallest absolute Gasteiger partial charge is 0.282 e. The van der Waals surface area contributed by atoms with Crippen molar-refractivity contribution in [2.45, 2.75) is 6.42 Å². The number of carbonyl (C=O) groups excluding carboxylic acids is 1. The van der Waals surface area contributed by atoms with Crippen LogP contribution < -0.4 is 10.2 Å². The number of nitro groups is 1. The van der Waals surface area contributed by atoms with Crippen molar-refractivity contribution < 1.29 is 9.72 Å². The van der Waals surface area contributed by atoms with E-state index in [0.29, 0.717) is 5.69 Å². The molecule has 0 saturated heterocycles. The highest BCUT2D eigenvalue weighted by molar-refractivity contribution is 6.08. The molecule has 1 N–H and O–H groups in total. The first kappa shape index (κ1) is 16.8. The van der Waals surface area contributed by atoms with Crippen LogP contribution >= 0.6 is 0 Å². The fourth-order valence-corrected chi connectivity index (χ4v) is 3.42. The minimum Gasteiger partial charge on any atom is -0.339 e. The van der Waals surface area contributed by atoms with Gasteiger partial charge in [-0.1, -0.05) is 42.5 Å². The van der Waals surface area contributed by atoms with Crippen LogP contribution in [-0.2, 0) is 6.42 Å². The van der Waals surface area contributed by atoms with E-state index < -0.39 is 10.8 Å². The van der Waals surface area contributed by atoms with Crippen LogP contribution in [0.2, 0.25) is 0 Å². The van der Waals surface area contributed by atoms with Gasteiger partial charge in [-0.05, 0) is 36.2 Å². The Hall–Kier alpha value is -3.67. The first-order valence-corrected chi connectivity index (χ1v) is 8.64. The Morgan fingerprint density at radius 3 is 2.41 bits per heavy atom. The molecule has 0 unspecified atom stereocenters. The molecule has 0 spiro atoms. The predicted molar refractivity (Wildman–Crippen MR) is 105 cm³/mol. The zero-order valence-corrected chi connectivity index (χ0v) is 14.5. The van der Waals surface area contributed by atoms with Gasteiger partial charge in [0.2, 0.25) is 0 Å². The summed E-state index contributed by atoms with van der Waals surface area (Å²) in [7, 11) is 0. The highest BCUT2D eigenvalue weighted by Crippen LogP contribution is 2.38. The second kappa shape index (κ2) is 6.92. The number of nitrogens with one attached hydrogen (secondary N) is 1. The van der Waals surface area contributed by atoms with Gasteiger partial charge in [0.05, 0.1) is 16.3 Å². The summed E-state index contributed by atoms with van der Waals surface area (Å²) >= 11 is 0. The molecule has 0 atom stereocenters. The zero-order chi connectivity index (χ0) is 18.8. The lowest BCUT2D eigenvalue weighted by molar-refractivity contribution is -0.385. The predicted octanol–water partition coefficient (Wildman–Crippen LogP) is 4.54. The van der Waals surface area contributed by atoms with Gasteiger partial charge >= 0.3 is 0 Å². The van der Waals surface area contributed by atoms with E-state index >= 15 is 0 Å². The summed E-state index contributed by atoms with van der Waals surface area (Å²) in [5.41, 5.74) is 3.70. The third-order valence-electron chi connectivity index (χ3n) is 4.68. The largest absolute Gasteiger partial charge is 0.339 e. The fraction of sp³-hybridized carbons (Fsp3) is 0.0952. The second-order valence-electron chi connectivity index (χ2n) is 6.28. The zero-order valence-electron chi connectivity index (χ0n) is 14.5. The topological polar surface area (TPSA) is 75.5 Å². The van der Waals surface area contributed by atoms with Crippen molar-refractivity contribution in [3.8, 4) is 0 Å². The Balaban J connectivity index is 1.67. The molecule has 4 rings (SSSR count). The molecule has 27 heavy (non-hydrogen) atoms. The number of para-hydroxylation sites is 4. The van der Waals surface area contributed by atoms with E-state index in [1.807, 2.05) is 36.4 Å². The molecule has 134 valence electrons. The van der Waals surface area contributed by atoms with E-state index in [4.69, 9.17) is 0 Å². The van der Waals surface area contributed by atoms with Gasteiger partial charge in [0.1, 0.15) is 5.56 Å². The summed E-state index contributed by atoms with van der Waals surface area (Å²) in [6.45, 7) is 0.817. The molecule has 1 aliphatic rings. The standard InChI is InChI=1S/C21H17N3O3/c25-21(16-8-2-5-11-19(16)24(26)27)22-17-9-3-6-12-20(17)23-14-13-15-7-1-4-10-18(15)23/h1-12H,13-14H2,(H,22,25). The Morgan fingerprint density at radius 1 is 0.926 bits per heavy atom. The lowest BCUT2D eigenvalue weighted by Crippen LogP contribution is -2.19. The van der Waals surface area contributed by atoms with Crippen molar-refractivity contribution in [3.05, 3.63) is 94.0 Å². The Morgan fingerprint density at radius 2 is 1.59 bits per heavy atom. The summed E-state index contributed by atoms with van der Waals surface area (Å²) in [6, 6.07) is 21.6. The van der Waals surface area contributed by atoms with Crippen LogP contribution in [0.15, 0.2) is 72.8 Å². The van der Waals surface area contributed by atoms with Gasteiger partial charge in [0.15, 0.2) is 0 Å². The molecular formula is C21H17N3O3. The van der Waals surface area contributed by atoms with Crippen LogP contribution in [0.1, 0.15) is 15.9 Å². The average Bonchev–Trinajstić information content (AvgIpc) is 3.12. The highest BCUT2D eigenvalue weighted by Gasteiger charge is 2.24. The molecule has 1 aliphatic heterocycles. The van der Waals surface area contributed by atoms with E-state index in [0.717, 1.165) is 24.3 Å². The number of nitrogens with zero attached hydrogens (tertiary/aromatic N) is 2. The molecule has 0 radical (unpaired) electrons. The minimum atomic E-state index is -0.544. The van der Waals surface area contributed by atoms with E-state index in [9.17, 15) is 14.9 Å². The van der Waals surface area contributed by atoms with Gasteiger partial charge in [-0.3, -0.25) is 14.9 Å². The van der Waals surface area contributed by atoms with Crippen molar-refractivity contribution >= 4 is 28.7 Å². The SMILES string of the molecule is O=C(Nc1ccccc1N1CCc2ccccc21)c1ccccc1[N+](=O)[O-]. The molecule has 3 aromatic rings. The summed E-state index contributed by atoms with van der Waals surface area (Å²) in [5.74, 6) is -0.498. The van der Waals surface area contributed by atoms with Crippen LogP contribution in [0.25, 0.3) is 0 Å². The molecular weight excluding hydrogens is 342 g/mol. The molecule has 0 bridgehead atoms. The number of hydrogen-bond donors (Lipinski definition) is 1. The van der Waals surface area contributed by atoms with E-state index in [-0.39, 0.29) is 11.3 Å². The lowest BCUT2D eigenvalue weighted by atomic mass is 10.1. The van der Waals surface area contributed by atoms with Crippen LogP contribution in [0.3, 0.4) is 0 Å². The quantitative estimate of drug-likeness (QED) is 0.548. The van der Waals surface area contributed by atoms with E-state index in [1.54, 1.807) is 12.1 Å². The van der Waals surface area contributed by atoms with Gasteiger partial charge in [-0.2, -0.15) is 0 Å². The normalized spacial score (nSPS) is 12.5. The number of amides is 1. The maximum Gasteiger partial charge on any atom is 0.282 e. The maximum absolute atomic E-state index is 12.7. The first-order valence-electron chi connectivity index (χ1n) is 8.64. The van der Waals surface area contributed by atoms with Crippen molar-refractivity contribution in [2.75, 3.05) is 16.8 Å². The Kier molecular flexibility index (Phi) is 4.30. The summed E-state index contributed by atoms with van der Waals surface area (Å²) in [6.07, 6.45) is 0.933. The third kappa shape index (κ3) is 3.13. The summed E-state index contributed by atoms with van der Waals surface area (Å²) < 4.78 is 0. The van der Waals surface area contributed by atoms with E-state index in [1.165, 1.54) is 17.7 Å². The van der Waals surface area contributed by atoms with Crippen LogP contribution in [0.5, 0.6) is 0 Å². The number of fused-ring (bicyclic) bond motifs is 1. The monoisotopic (exact) mass is 359 g/mol. The fourth-order valence-electron chi connectivity index (χ4n) is 3.42. The molecule has 6 heteroatoms. The maximum atomic E-state index is 12.7. The number of anilines is 3. The van der Waals surface area contributed by atoms with Gasteiger partial charge < -0.3 is 10.2 Å². The molecule has 0 aliphatic carbocycles. The summed E-state index contributed by atoms with van der Waals surface area (Å²) in [5, 5.41) is 14.1. The number of hydrogen-bond acceptors (Lipinski definition) is 4. The van der Waals surface area contributed by atoms with Crippen molar-refractivity contribution in [3.63, 3.8) is 0 Å². The van der Waals surface area contributed by atoms with Crippen LogP contribution in [0, 0.1) is 10.1 Å². The molecule has 1 amide bonds. The molecule has 0 saturated carbocycles. The lowest BCUT2D eigenvalue weighted by Gasteiger charge is -2.23. The number of carbonyl (C=O) groups is 1. The number of rotatable bonds is 4. The van der Waals surface area contributed by atoms with Crippen LogP contribution in [-0.4, -0.2) is 17.4 Å². The number of benzene rings is 3. The molecule has 3 aromatic carbocycles. The van der Waals surface area contributed by atoms with Crippen LogP contribution in [0.4, 0.5) is 22.7 Å². The first-order chi connectivity index (χ1) is 13.1. The van der Waals surface area contributed by atoms with Gasteiger partial charge in [0, 0.05) is 18.3 Å². The highest BCUT2D eigenvalue weighted by atomic mass is 16.6. The Labute approximate surface area is 156 Å². The second-order valence-corrected chi connectivity index (χ2v) is 6.28. The molecule has 0 aromatic heterocycles. The van der Waals surface area contributed by atoms with Crippen molar-refractivity contribution in [2.24, 2.45) is 0 Å². The van der Waals surface area contributed by atoms with Crippen molar-refractivity contribution in [1.82, 2.24) is 0 Å².